The maximum atomic E-state index is 12.2. The Bertz CT molecular complexity index is 804. The minimum absolute atomic E-state index is 0.0681. The first kappa shape index (κ1) is 20.6. The van der Waals surface area contributed by atoms with Crippen molar-refractivity contribution >= 4 is 33.7 Å². The molecule has 2 aromatic rings. The predicted molar refractivity (Wildman–Crippen MR) is 107 cm³/mol. The monoisotopic (exact) mass is 431 g/mol. The SMILES string of the molecule is CNC(=O)c1ccc(CN(C)C(=O)CCNC(=O)c2ccc(Br)cc2)cc1. The highest BCUT2D eigenvalue weighted by atomic mass is 79.9. The van der Waals surface area contributed by atoms with Crippen molar-refractivity contribution in [2.45, 2.75) is 13.0 Å². The summed E-state index contributed by atoms with van der Waals surface area (Å²) in [5.74, 6) is -0.420. The van der Waals surface area contributed by atoms with Crippen LogP contribution in [-0.4, -0.2) is 43.3 Å². The van der Waals surface area contributed by atoms with Gasteiger partial charge < -0.3 is 15.5 Å². The Morgan fingerprint density at radius 1 is 0.926 bits per heavy atom. The fourth-order valence-electron chi connectivity index (χ4n) is 2.45. The van der Waals surface area contributed by atoms with Crippen molar-refractivity contribution in [1.82, 2.24) is 15.5 Å². The zero-order valence-corrected chi connectivity index (χ0v) is 16.9. The van der Waals surface area contributed by atoms with E-state index in [4.69, 9.17) is 0 Å². The number of benzene rings is 2. The lowest BCUT2D eigenvalue weighted by Crippen LogP contribution is -2.31. The van der Waals surface area contributed by atoms with Crippen LogP contribution in [0.2, 0.25) is 0 Å². The first-order chi connectivity index (χ1) is 12.9. The van der Waals surface area contributed by atoms with E-state index in [9.17, 15) is 14.4 Å². The molecule has 0 aromatic heterocycles. The van der Waals surface area contributed by atoms with Gasteiger partial charge >= 0.3 is 0 Å². The van der Waals surface area contributed by atoms with E-state index < -0.39 is 0 Å². The topological polar surface area (TPSA) is 78.5 Å². The Kier molecular flexibility index (Phi) is 7.55. The fourth-order valence-corrected chi connectivity index (χ4v) is 2.71. The molecule has 2 N–H and O–H groups in total. The van der Waals surface area contributed by atoms with Crippen LogP contribution in [0.1, 0.15) is 32.7 Å². The Hall–Kier alpha value is -2.67. The largest absolute Gasteiger partial charge is 0.355 e. The molecule has 0 atom stereocenters. The summed E-state index contributed by atoms with van der Waals surface area (Å²) in [7, 11) is 3.30. The summed E-state index contributed by atoms with van der Waals surface area (Å²) in [5.41, 5.74) is 2.05. The van der Waals surface area contributed by atoms with Crippen LogP contribution in [0.4, 0.5) is 0 Å². The van der Waals surface area contributed by atoms with Gasteiger partial charge in [-0.05, 0) is 42.0 Å². The highest BCUT2D eigenvalue weighted by Crippen LogP contribution is 2.10. The van der Waals surface area contributed by atoms with Crippen LogP contribution < -0.4 is 10.6 Å². The molecular weight excluding hydrogens is 410 g/mol. The minimum atomic E-state index is -0.206. The molecule has 142 valence electrons. The summed E-state index contributed by atoms with van der Waals surface area (Å²) in [5, 5.41) is 5.31. The second-order valence-corrected chi connectivity index (χ2v) is 6.95. The number of halogens is 1. The van der Waals surface area contributed by atoms with Crippen molar-refractivity contribution in [3.63, 3.8) is 0 Å². The average molecular weight is 432 g/mol. The zero-order valence-electron chi connectivity index (χ0n) is 15.3. The molecular formula is C20H22BrN3O3. The molecule has 3 amide bonds. The smallest absolute Gasteiger partial charge is 0.251 e. The van der Waals surface area contributed by atoms with Gasteiger partial charge in [-0.15, -0.1) is 0 Å². The van der Waals surface area contributed by atoms with E-state index >= 15 is 0 Å². The molecule has 2 rings (SSSR count). The van der Waals surface area contributed by atoms with Crippen molar-refractivity contribution in [2.24, 2.45) is 0 Å². The summed E-state index contributed by atoms with van der Waals surface area (Å²) < 4.78 is 0.902. The Labute approximate surface area is 167 Å². The number of amides is 3. The number of hydrogen-bond donors (Lipinski definition) is 2. The highest BCUT2D eigenvalue weighted by molar-refractivity contribution is 9.10. The van der Waals surface area contributed by atoms with Crippen LogP contribution in [0.3, 0.4) is 0 Å². The lowest BCUT2D eigenvalue weighted by Gasteiger charge is -2.17. The van der Waals surface area contributed by atoms with Gasteiger partial charge in [0.1, 0.15) is 0 Å². The van der Waals surface area contributed by atoms with E-state index in [0.29, 0.717) is 17.7 Å². The Morgan fingerprint density at radius 2 is 1.48 bits per heavy atom. The number of carbonyl (C=O) groups is 3. The van der Waals surface area contributed by atoms with Crippen LogP contribution in [0.25, 0.3) is 0 Å². The van der Waals surface area contributed by atoms with Crippen molar-refractivity contribution in [2.75, 3.05) is 20.6 Å². The predicted octanol–water partition coefficient (Wildman–Crippen LogP) is 2.59. The van der Waals surface area contributed by atoms with Gasteiger partial charge in [-0.1, -0.05) is 28.1 Å². The van der Waals surface area contributed by atoms with Crippen LogP contribution >= 0.6 is 15.9 Å². The Morgan fingerprint density at radius 3 is 2.07 bits per heavy atom. The third kappa shape index (κ3) is 6.21. The maximum absolute atomic E-state index is 12.2. The summed E-state index contributed by atoms with van der Waals surface area (Å²) >= 11 is 3.32. The van der Waals surface area contributed by atoms with Crippen molar-refractivity contribution in [3.05, 3.63) is 69.7 Å². The van der Waals surface area contributed by atoms with Gasteiger partial charge in [0.05, 0.1) is 0 Å². The molecule has 0 fully saturated rings. The lowest BCUT2D eigenvalue weighted by atomic mass is 10.1. The molecule has 0 saturated heterocycles. The molecule has 0 saturated carbocycles. The lowest BCUT2D eigenvalue weighted by molar-refractivity contribution is -0.130. The number of nitrogens with zero attached hydrogens (tertiary/aromatic N) is 1. The molecule has 0 unspecified atom stereocenters. The second-order valence-electron chi connectivity index (χ2n) is 6.04. The van der Waals surface area contributed by atoms with Crippen LogP contribution in [0.15, 0.2) is 53.0 Å². The third-order valence-electron chi connectivity index (χ3n) is 4.02. The van der Waals surface area contributed by atoms with Gasteiger partial charge in [0, 0.05) is 49.2 Å². The van der Waals surface area contributed by atoms with Gasteiger partial charge in [0.2, 0.25) is 5.91 Å². The summed E-state index contributed by atoms with van der Waals surface area (Å²) in [4.78, 5) is 37.4. The number of hydrogen-bond acceptors (Lipinski definition) is 3. The Balaban J connectivity index is 1.79. The van der Waals surface area contributed by atoms with Crippen molar-refractivity contribution in [3.8, 4) is 0 Å². The highest BCUT2D eigenvalue weighted by Gasteiger charge is 2.11. The maximum Gasteiger partial charge on any atom is 0.251 e. The van der Waals surface area contributed by atoms with Crippen LogP contribution in [0, 0.1) is 0 Å². The molecule has 0 heterocycles. The quantitative estimate of drug-likeness (QED) is 0.706. The molecule has 6 nitrogen and oxygen atoms in total. The van der Waals surface area contributed by atoms with E-state index in [1.807, 2.05) is 12.1 Å². The van der Waals surface area contributed by atoms with Gasteiger partial charge in [-0.2, -0.15) is 0 Å². The van der Waals surface area contributed by atoms with E-state index in [-0.39, 0.29) is 30.7 Å². The molecule has 0 bridgehead atoms. The van der Waals surface area contributed by atoms with Crippen molar-refractivity contribution < 1.29 is 14.4 Å². The zero-order chi connectivity index (χ0) is 19.8. The van der Waals surface area contributed by atoms with E-state index in [1.165, 1.54) is 0 Å². The van der Waals surface area contributed by atoms with Crippen LogP contribution in [-0.2, 0) is 11.3 Å². The number of carbonyl (C=O) groups excluding carboxylic acids is 3. The summed E-state index contributed by atoms with van der Waals surface area (Å²) in [6.45, 7) is 0.710. The van der Waals surface area contributed by atoms with Gasteiger partial charge in [0.25, 0.3) is 11.8 Å². The minimum Gasteiger partial charge on any atom is -0.355 e. The number of rotatable bonds is 7. The van der Waals surface area contributed by atoms with Crippen LogP contribution in [0.5, 0.6) is 0 Å². The first-order valence-corrected chi connectivity index (χ1v) is 9.28. The van der Waals surface area contributed by atoms with Gasteiger partial charge in [-0.25, -0.2) is 0 Å². The normalized spacial score (nSPS) is 10.2. The third-order valence-corrected chi connectivity index (χ3v) is 4.55. The van der Waals surface area contributed by atoms with E-state index in [1.54, 1.807) is 55.4 Å². The first-order valence-electron chi connectivity index (χ1n) is 8.49. The van der Waals surface area contributed by atoms with Gasteiger partial charge in [0.15, 0.2) is 0 Å². The summed E-state index contributed by atoms with van der Waals surface area (Å²) in [6.07, 6.45) is 0.217. The fraction of sp³-hybridized carbons (Fsp3) is 0.250. The second kappa shape index (κ2) is 9.87. The van der Waals surface area contributed by atoms with E-state index in [2.05, 4.69) is 26.6 Å². The van der Waals surface area contributed by atoms with Gasteiger partial charge in [-0.3, -0.25) is 14.4 Å². The molecule has 27 heavy (non-hydrogen) atoms. The molecule has 7 heteroatoms. The standard InChI is InChI=1S/C20H22BrN3O3/c1-22-19(26)15-5-3-14(4-6-15)13-24(2)18(25)11-12-23-20(27)16-7-9-17(21)10-8-16/h3-10H,11-13H2,1-2H3,(H,22,26)(H,23,27). The van der Waals surface area contributed by atoms with E-state index in [0.717, 1.165) is 10.0 Å². The summed E-state index contributed by atoms with van der Waals surface area (Å²) in [6, 6.07) is 14.1. The molecule has 0 aliphatic carbocycles. The molecule has 2 aromatic carbocycles. The molecule has 0 spiro atoms. The molecule has 0 radical (unpaired) electrons. The average Bonchev–Trinajstić information content (AvgIpc) is 2.68. The molecule has 0 aliphatic rings. The van der Waals surface area contributed by atoms with Crippen molar-refractivity contribution in [1.29, 1.82) is 0 Å². The number of nitrogens with one attached hydrogen (secondary N) is 2. The molecule has 0 aliphatic heterocycles.